The molecule has 0 amide bonds. The van der Waals surface area contributed by atoms with Gasteiger partial charge in [-0.15, -0.1) is 11.3 Å². The molecular formula is C15H24N2S. The standard InChI is InChI=1S/C15H24N2S/c1-4-7-16-10-12(2)11-17-8-5-15-14(13(17)3)6-9-18-15/h6,9,13,16H,2,4-5,7-8,10-11H2,1,3H3. The summed E-state index contributed by atoms with van der Waals surface area (Å²) < 4.78 is 0. The lowest BCUT2D eigenvalue weighted by Crippen LogP contribution is -2.36. The Morgan fingerprint density at radius 3 is 3.22 bits per heavy atom. The van der Waals surface area contributed by atoms with Crippen molar-refractivity contribution in [2.75, 3.05) is 26.2 Å². The number of hydrogen-bond donors (Lipinski definition) is 1. The first-order valence-electron chi connectivity index (χ1n) is 6.90. The molecule has 0 aromatic carbocycles. The van der Waals surface area contributed by atoms with Gasteiger partial charge in [0.15, 0.2) is 0 Å². The molecule has 3 heteroatoms. The van der Waals surface area contributed by atoms with Crippen molar-refractivity contribution in [1.82, 2.24) is 10.2 Å². The molecule has 0 fully saturated rings. The van der Waals surface area contributed by atoms with Crippen molar-refractivity contribution in [2.45, 2.75) is 32.7 Å². The third-order valence-corrected chi connectivity index (χ3v) is 4.63. The van der Waals surface area contributed by atoms with Crippen LogP contribution >= 0.6 is 11.3 Å². The molecule has 2 rings (SSSR count). The monoisotopic (exact) mass is 264 g/mol. The molecule has 0 bridgehead atoms. The van der Waals surface area contributed by atoms with Crippen molar-refractivity contribution >= 4 is 11.3 Å². The van der Waals surface area contributed by atoms with E-state index in [9.17, 15) is 0 Å². The largest absolute Gasteiger partial charge is 0.313 e. The highest BCUT2D eigenvalue weighted by atomic mass is 32.1. The molecule has 1 atom stereocenters. The molecule has 100 valence electrons. The molecule has 0 saturated carbocycles. The SMILES string of the molecule is C=C(CNCCC)CN1CCc2sccc2C1C. The predicted octanol–water partition coefficient (Wildman–Crippen LogP) is 3.22. The fraction of sp³-hybridized carbons (Fsp3) is 0.600. The van der Waals surface area contributed by atoms with Crippen molar-refractivity contribution < 1.29 is 0 Å². The predicted molar refractivity (Wildman–Crippen MR) is 80.3 cm³/mol. The highest BCUT2D eigenvalue weighted by molar-refractivity contribution is 7.10. The van der Waals surface area contributed by atoms with Gasteiger partial charge >= 0.3 is 0 Å². The minimum atomic E-state index is 0.544. The van der Waals surface area contributed by atoms with Gasteiger partial charge in [-0.3, -0.25) is 4.90 Å². The Morgan fingerprint density at radius 2 is 2.44 bits per heavy atom. The molecule has 0 radical (unpaired) electrons. The minimum Gasteiger partial charge on any atom is -0.313 e. The number of rotatable bonds is 6. The lowest BCUT2D eigenvalue weighted by Gasteiger charge is -2.34. The summed E-state index contributed by atoms with van der Waals surface area (Å²) >= 11 is 1.91. The first-order valence-corrected chi connectivity index (χ1v) is 7.78. The molecular weight excluding hydrogens is 240 g/mol. The lowest BCUT2D eigenvalue weighted by molar-refractivity contribution is 0.217. The summed E-state index contributed by atoms with van der Waals surface area (Å²) in [5, 5.41) is 5.65. The van der Waals surface area contributed by atoms with Gasteiger partial charge in [0.1, 0.15) is 0 Å². The average Bonchev–Trinajstić information content (AvgIpc) is 2.82. The van der Waals surface area contributed by atoms with Gasteiger partial charge in [0.05, 0.1) is 0 Å². The topological polar surface area (TPSA) is 15.3 Å². The third-order valence-electron chi connectivity index (χ3n) is 3.63. The Morgan fingerprint density at radius 1 is 1.61 bits per heavy atom. The van der Waals surface area contributed by atoms with Gasteiger partial charge in [0.2, 0.25) is 0 Å². The molecule has 0 spiro atoms. The van der Waals surface area contributed by atoms with E-state index >= 15 is 0 Å². The second-order valence-electron chi connectivity index (χ2n) is 5.12. The fourth-order valence-corrected chi connectivity index (χ4v) is 3.53. The van der Waals surface area contributed by atoms with E-state index in [1.807, 2.05) is 11.3 Å². The van der Waals surface area contributed by atoms with Crippen LogP contribution in [-0.4, -0.2) is 31.1 Å². The van der Waals surface area contributed by atoms with Crippen LogP contribution in [0.25, 0.3) is 0 Å². The maximum absolute atomic E-state index is 4.20. The first kappa shape index (κ1) is 13.8. The summed E-state index contributed by atoms with van der Waals surface area (Å²) in [6, 6.07) is 2.83. The average molecular weight is 264 g/mol. The van der Waals surface area contributed by atoms with E-state index in [0.29, 0.717) is 6.04 Å². The number of thiophene rings is 1. The van der Waals surface area contributed by atoms with Gasteiger partial charge in [-0.2, -0.15) is 0 Å². The molecule has 1 aliphatic heterocycles. The van der Waals surface area contributed by atoms with E-state index in [0.717, 1.165) is 19.6 Å². The van der Waals surface area contributed by atoms with Crippen LogP contribution in [-0.2, 0) is 6.42 Å². The summed E-state index contributed by atoms with van der Waals surface area (Å²) in [4.78, 5) is 4.12. The summed E-state index contributed by atoms with van der Waals surface area (Å²) in [6.45, 7) is 12.9. The molecule has 1 unspecified atom stereocenters. The Kier molecular flexibility index (Phi) is 4.98. The molecule has 18 heavy (non-hydrogen) atoms. The van der Waals surface area contributed by atoms with Crippen LogP contribution in [0.5, 0.6) is 0 Å². The molecule has 1 aromatic rings. The summed E-state index contributed by atoms with van der Waals surface area (Å²) in [5.74, 6) is 0. The molecule has 2 heterocycles. The van der Waals surface area contributed by atoms with Gasteiger partial charge in [0, 0.05) is 30.6 Å². The van der Waals surface area contributed by atoms with E-state index in [-0.39, 0.29) is 0 Å². The number of fused-ring (bicyclic) bond motifs is 1. The van der Waals surface area contributed by atoms with Crippen LogP contribution in [0.1, 0.15) is 36.8 Å². The summed E-state index contributed by atoms with van der Waals surface area (Å²) in [5.41, 5.74) is 2.83. The first-order chi connectivity index (χ1) is 8.72. The molecule has 1 aliphatic rings. The zero-order valence-electron chi connectivity index (χ0n) is 11.5. The maximum Gasteiger partial charge on any atom is 0.0334 e. The second kappa shape index (κ2) is 6.50. The van der Waals surface area contributed by atoms with Gasteiger partial charge in [-0.1, -0.05) is 13.5 Å². The Labute approximate surface area is 115 Å². The minimum absolute atomic E-state index is 0.544. The van der Waals surface area contributed by atoms with Crippen LogP contribution < -0.4 is 5.32 Å². The molecule has 0 saturated heterocycles. The van der Waals surface area contributed by atoms with Crippen molar-refractivity contribution in [3.8, 4) is 0 Å². The summed E-state index contributed by atoms with van der Waals surface area (Å²) in [6.07, 6.45) is 2.39. The van der Waals surface area contributed by atoms with Gasteiger partial charge in [-0.25, -0.2) is 0 Å². The van der Waals surface area contributed by atoms with Crippen LogP contribution in [0.3, 0.4) is 0 Å². The van der Waals surface area contributed by atoms with E-state index in [1.165, 1.54) is 30.5 Å². The molecule has 0 aliphatic carbocycles. The highest BCUT2D eigenvalue weighted by Gasteiger charge is 2.24. The summed E-state index contributed by atoms with van der Waals surface area (Å²) in [7, 11) is 0. The number of nitrogens with zero attached hydrogens (tertiary/aromatic N) is 1. The fourth-order valence-electron chi connectivity index (χ4n) is 2.56. The Hall–Kier alpha value is -0.640. The zero-order chi connectivity index (χ0) is 13.0. The molecule has 1 N–H and O–H groups in total. The Bertz CT molecular complexity index is 397. The third kappa shape index (κ3) is 3.22. The van der Waals surface area contributed by atoms with Crippen LogP contribution in [0.15, 0.2) is 23.6 Å². The van der Waals surface area contributed by atoms with Crippen LogP contribution in [0.2, 0.25) is 0 Å². The zero-order valence-corrected chi connectivity index (χ0v) is 12.4. The number of hydrogen-bond acceptors (Lipinski definition) is 3. The van der Waals surface area contributed by atoms with Crippen molar-refractivity contribution in [2.24, 2.45) is 0 Å². The highest BCUT2D eigenvalue weighted by Crippen LogP contribution is 2.32. The smallest absolute Gasteiger partial charge is 0.0334 e. The maximum atomic E-state index is 4.20. The van der Waals surface area contributed by atoms with Crippen molar-refractivity contribution in [3.63, 3.8) is 0 Å². The van der Waals surface area contributed by atoms with Crippen molar-refractivity contribution in [3.05, 3.63) is 34.0 Å². The molecule has 1 aromatic heterocycles. The van der Waals surface area contributed by atoms with Gasteiger partial charge in [0.25, 0.3) is 0 Å². The van der Waals surface area contributed by atoms with E-state index in [2.05, 4.69) is 42.1 Å². The van der Waals surface area contributed by atoms with E-state index in [4.69, 9.17) is 0 Å². The second-order valence-corrected chi connectivity index (χ2v) is 6.12. The quantitative estimate of drug-likeness (QED) is 0.627. The van der Waals surface area contributed by atoms with Gasteiger partial charge < -0.3 is 5.32 Å². The number of nitrogens with one attached hydrogen (secondary N) is 1. The van der Waals surface area contributed by atoms with E-state index in [1.54, 1.807) is 4.88 Å². The Balaban J connectivity index is 1.86. The van der Waals surface area contributed by atoms with Crippen LogP contribution in [0.4, 0.5) is 0 Å². The van der Waals surface area contributed by atoms with Crippen LogP contribution in [0, 0.1) is 0 Å². The van der Waals surface area contributed by atoms with Gasteiger partial charge in [-0.05, 0) is 48.9 Å². The van der Waals surface area contributed by atoms with Crippen molar-refractivity contribution in [1.29, 1.82) is 0 Å². The van der Waals surface area contributed by atoms with E-state index < -0.39 is 0 Å². The molecule has 2 nitrogen and oxygen atoms in total. The lowest BCUT2D eigenvalue weighted by atomic mass is 10.0. The normalized spacial score (nSPS) is 19.8.